The molecular formula is C15H20N4O2S. The lowest BCUT2D eigenvalue weighted by molar-refractivity contribution is 0.0673. The molecule has 0 unspecified atom stereocenters. The average Bonchev–Trinajstić information content (AvgIpc) is 3.12. The van der Waals surface area contributed by atoms with Gasteiger partial charge in [-0.2, -0.15) is 5.10 Å². The number of carbonyl (C=O) groups excluding carboxylic acids is 1. The second-order valence-corrected chi connectivity index (χ2v) is 6.43. The van der Waals surface area contributed by atoms with Crippen LogP contribution in [0.2, 0.25) is 0 Å². The molecule has 1 atom stereocenters. The lowest BCUT2D eigenvalue weighted by atomic mass is 10.1. The van der Waals surface area contributed by atoms with Crippen LogP contribution in [-0.2, 0) is 0 Å². The molecule has 7 heteroatoms. The van der Waals surface area contributed by atoms with Gasteiger partial charge in [0.05, 0.1) is 13.2 Å². The zero-order chi connectivity index (χ0) is 15.7. The number of carbonyl (C=O) groups is 1. The van der Waals surface area contributed by atoms with Gasteiger partial charge in [0.2, 0.25) is 0 Å². The van der Waals surface area contributed by atoms with Gasteiger partial charge in [-0.15, -0.1) is 11.3 Å². The van der Waals surface area contributed by atoms with Crippen molar-refractivity contribution in [3.63, 3.8) is 0 Å². The number of hydrogen-bond acceptors (Lipinski definition) is 5. The molecule has 1 fully saturated rings. The molecule has 0 aromatic carbocycles. The van der Waals surface area contributed by atoms with Gasteiger partial charge in [-0.1, -0.05) is 0 Å². The summed E-state index contributed by atoms with van der Waals surface area (Å²) in [6, 6.07) is 2.04. The van der Waals surface area contributed by atoms with Gasteiger partial charge in [-0.05, 0) is 38.1 Å². The van der Waals surface area contributed by atoms with Crippen LogP contribution in [0.15, 0.2) is 11.4 Å². The van der Waals surface area contributed by atoms with E-state index < -0.39 is 0 Å². The summed E-state index contributed by atoms with van der Waals surface area (Å²) in [7, 11) is 1.60. The lowest BCUT2D eigenvalue weighted by Crippen LogP contribution is -2.41. The fourth-order valence-corrected chi connectivity index (χ4v) is 3.80. The summed E-state index contributed by atoms with van der Waals surface area (Å²) in [5, 5.41) is 6.36. The molecule has 1 aliphatic rings. The van der Waals surface area contributed by atoms with Crippen molar-refractivity contribution in [3.8, 4) is 5.75 Å². The van der Waals surface area contributed by atoms with Gasteiger partial charge < -0.3 is 9.64 Å². The summed E-state index contributed by atoms with van der Waals surface area (Å²) in [5.41, 5.74) is 0. The van der Waals surface area contributed by atoms with E-state index >= 15 is 0 Å². The van der Waals surface area contributed by atoms with E-state index in [1.54, 1.807) is 7.11 Å². The third-order valence-corrected chi connectivity index (χ3v) is 4.86. The molecule has 1 amide bonds. The minimum atomic E-state index is 0.0473. The zero-order valence-corrected chi connectivity index (χ0v) is 13.9. The number of rotatable bonds is 3. The molecule has 1 aliphatic heterocycles. The van der Waals surface area contributed by atoms with E-state index in [-0.39, 0.29) is 11.9 Å². The summed E-state index contributed by atoms with van der Waals surface area (Å²) in [4.78, 5) is 19.7. The van der Waals surface area contributed by atoms with Crippen LogP contribution in [0.1, 0.15) is 40.2 Å². The SMILES string of the molecule is COc1ccsc1C(=O)N1CCC[C@@H](n2nc(C)nc2C)C1. The van der Waals surface area contributed by atoms with Crippen molar-refractivity contribution in [1.29, 1.82) is 0 Å². The largest absolute Gasteiger partial charge is 0.495 e. The van der Waals surface area contributed by atoms with E-state index in [1.165, 1.54) is 11.3 Å². The molecule has 2 aromatic heterocycles. The first kappa shape index (κ1) is 15.0. The van der Waals surface area contributed by atoms with Crippen LogP contribution in [0, 0.1) is 13.8 Å². The summed E-state index contributed by atoms with van der Waals surface area (Å²) in [5.74, 6) is 2.39. The van der Waals surface area contributed by atoms with Crippen LogP contribution in [-0.4, -0.2) is 45.8 Å². The molecule has 2 aromatic rings. The number of aromatic nitrogens is 3. The highest BCUT2D eigenvalue weighted by Gasteiger charge is 2.29. The van der Waals surface area contributed by atoms with Gasteiger partial charge >= 0.3 is 0 Å². The van der Waals surface area contributed by atoms with Crippen molar-refractivity contribution in [3.05, 3.63) is 28.0 Å². The second-order valence-electron chi connectivity index (χ2n) is 5.52. The predicted octanol–water partition coefficient (Wildman–Crippen LogP) is 2.44. The molecule has 0 spiro atoms. The van der Waals surface area contributed by atoms with Crippen molar-refractivity contribution < 1.29 is 9.53 Å². The van der Waals surface area contributed by atoms with Crippen LogP contribution in [0.5, 0.6) is 5.75 Å². The molecule has 118 valence electrons. The smallest absolute Gasteiger partial charge is 0.267 e. The van der Waals surface area contributed by atoms with Crippen molar-refractivity contribution in [1.82, 2.24) is 19.7 Å². The molecule has 0 N–H and O–H groups in total. The Hall–Kier alpha value is -1.89. The number of piperidine rings is 1. The van der Waals surface area contributed by atoms with E-state index in [2.05, 4.69) is 10.1 Å². The maximum Gasteiger partial charge on any atom is 0.267 e. The van der Waals surface area contributed by atoms with Crippen LogP contribution < -0.4 is 4.74 Å². The fourth-order valence-electron chi connectivity index (χ4n) is 2.98. The molecule has 3 heterocycles. The third kappa shape index (κ3) is 2.72. The highest BCUT2D eigenvalue weighted by Crippen LogP contribution is 2.29. The number of hydrogen-bond donors (Lipinski definition) is 0. The number of aryl methyl sites for hydroxylation is 2. The Morgan fingerprint density at radius 3 is 2.95 bits per heavy atom. The Kier molecular flexibility index (Phi) is 4.15. The van der Waals surface area contributed by atoms with E-state index in [4.69, 9.17) is 4.74 Å². The van der Waals surface area contributed by atoms with Crippen molar-refractivity contribution >= 4 is 17.2 Å². The van der Waals surface area contributed by atoms with E-state index in [0.29, 0.717) is 17.2 Å². The van der Waals surface area contributed by atoms with E-state index in [0.717, 1.165) is 31.0 Å². The standard InChI is InChI=1S/C15H20N4O2S/c1-10-16-11(2)19(17-10)12-5-4-7-18(9-12)15(20)14-13(21-3)6-8-22-14/h6,8,12H,4-5,7,9H2,1-3H3/t12-/m1/s1. The van der Waals surface area contributed by atoms with Gasteiger partial charge in [0.15, 0.2) is 0 Å². The second kappa shape index (κ2) is 6.08. The number of nitrogens with zero attached hydrogens (tertiary/aromatic N) is 4. The molecule has 0 radical (unpaired) electrons. The third-order valence-electron chi connectivity index (χ3n) is 3.98. The Morgan fingerprint density at radius 1 is 1.45 bits per heavy atom. The van der Waals surface area contributed by atoms with Gasteiger partial charge in [-0.25, -0.2) is 9.67 Å². The minimum absolute atomic E-state index is 0.0473. The Bertz CT molecular complexity index is 679. The predicted molar refractivity (Wildman–Crippen MR) is 84.5 cm³/mol. The number of amides is 1. The summed E-state index contributed by atoms with van der Waals surface area (Å²) < 4.78 is 7.23. The molecule has 0 aliphatic carbocycles. The normalized spacial score (nSPS) is 18.5. The van der Waals surface area contributed by atoms with Crippen LogP contribution in [0.25, 0.3) is 0 Å². The topological polar surface area (TPSA) is 60.2 Å². The van der Waals surface area contributed by atoms with Crippen LogP contribution in [0.3, 0.4) is 0 Å². The summed E-state index contributed by atoms with van der Waals surface area (Å²) in [6.07, 6.45) is 2.00. The molecule has 0 bridgehead atoms. The van der Waals surface area contributed by atoms with Crippen molar-refractivity contribution in [2.45, 2.75) is 32.7 Å². The van der Waals surface area contributed by atoms with Crippen molar-refractivity contribution in [2.24, 2.45) is 0 Å². The Balaban J connectivity index is 1.78. The fraction of sp³-hybridized carbons (Fsp3) is 0.533. The van der Waals surface area contributed by atoms with Gasteiger partial charge in [0, 0.05) is 13.1 Å². The number of thiophene rings is 1. The zero-order valence-electron chi connectivity index (χ0n) is 13.1. The van der Waals surface area contributed by atoms with Crippen molar-refractivity contribution in [2.75, 3.05) is 20.2 Å². The highest BCUT2D eigenvalue weighted by atomic mass is 32.1. The maximum atomic E-state index is 12.7. The van der Waals surface area contributed by atoms with E-state index in [1.807, 2.05) is 34.9 Å². The maximum absolute atomic E-state index is 12.7. The quantitative estimate of drug-likeness (QED) is 0.871. The summed E-state index contributed by atoms with van der Waals surface area (Å²) >= 11 is 1.43. The van der Waals surface area contributed by atoms with Gasteiger partial charge in [-0.3, -0.25) is 4.79 Å². The average molecular weight is 320 g/mol. The molecule has 1 saturated heterocycles. The van der Waals surface area contributed by atoms with Crippen LogP contribution in [0.4, 0.5) is 0 Å². The first-order chi connectivity index (χ1) is 10.6. The first-order valence-corrected chi connectivity index (χ1v) is 8.28. The number of likely N-dealkylation sites (tertiary alicyclic amines) is 1. The molecule has 3 rings (SSSR count). The highest BCUT2D eigenvalue weighted by molar-refractivity contribution is 7.12. The number of methoxy groups -OCH3 is 1. The molecule has 22 heavy (non-hydrogen) atoms. The monoisotopic (exact) mass is 320 g/mol. The van der Waals surface area contributed by atoms with Gasteiger partial charge in [0.25, 0.3) is 5.91 Å². The summed E-state index contributed by atoms with van der Waals surface area (Å²) in [6.45, 7) is 5.31. The minimum Gasteiger partial charge on any atom is -0.495 e. The molecular weight excluding hydrogens is 300 g/mol. The first-order valence-electron chi connectivity index (χ1n) is 7.40. The molecule has 0 saturated carbocycles. The Labute approximate surface area is 133 Å². The van der Waals surface area contributed by atoms with Gasteiger partial charge in [0.1, 0.15) is 22.3 Å². The molecule has 6 nitrogen and oxygen atoms in total. The lowest BCUT2D eigenvalue weighted by Gasteiger charge is -2.33. The number of ether oxygens (including phenoxy) is 1. The van der Waals surface area contributed by atoms with E-state index in [9.17, 15) is 4.79 Å². The van der Waals surface area contributed by atoms with Crippen LogP contribution >= 0.6 is 11.3 Å². The Morgan fingerprint density at radius 2 is 2.27 bits per heavy atom.